The molecule has 1 aliphatic rings. The molecule has 0 aliphatic heterocycles. The molecular formula is C19H19Cl2N3O3S2. The maximum Gasteiger partial charge on any atom is 0.257 e. The summed E-state index contributed by atoms with van der Waals surface area (Å²) in [5.41, 5.74) is 7.25. The zero-order valence-electron chi connectivity index (χ0n) is 15.7. The van der Waals surface area contributed by atoms with Gasteiger partial charge in [0.25, 0.3) is 11.8 Å². The van der Waals surface area contributed by atoms with E-state index in [0.29, 0.717) is 16.5 Å². The van der Waals surface area contributed by atoms with E-state index in [1.807, 2.05) is 0 Å². The van der Waals surface area contributed by atoms with Gasteiger partial charge in [-0.15, -0.1) is 11.3 Å². The average Bonchev–Trinajstić information content (AvgIpc) is 2.97. The van der Waals surface area contributed by atoms with E-state index >= 15 is 0 Å². The van der Waals surface area contributed by atoms with Crippen LogP contribution in [0.3, 0.4) is 0 Å². The number of halogens is 2. The lowest BCUT2D eigenvalue weighted by atomic mass is 9.88. The molecule has 154 valence electrons. The van der Waals surface area contributed by atoms with Gasteiger partial charge in [-0.05, 0) is 55.1 Å². The Bertz CT molecular complexity index is 984. The largest absolute Gasteiger partial charge is 0.494 e. The second-order valence-electron chi connectivity index (χ2n) is 6.80. The van der Waals surface area contributed by atoms with Crippen molar-refractivity contribution in [3.63, 3.8) is 0 Å². The number of nitrogens with two attached hydrogens (primary N) is 1. The number of hydrogen-bond donors (Lipinski definition) is 3. The highest BCUT2D eigenvalue weighted by molar-refractivity contribution is 7.80. The molecule has 0 saturated carbocycles. The summed E-state index contributed by atoms with van der Waals surface area (Å²) in [7, 11) is 1.43. The van der Waals surface area contributed by atoms with E-state index in [9.17, 15) is 9.59 Å². The Morgan fingerprint density at radius 3 is 2.55 bits per heavy atom. The highest BCUT2D eigenvalue weighted by Gasteiger charge is 2.27. The van der Waals surface area contributed by atoms with Crippen LogP contribution in [-0.2, 0) is 12.8 Å². The number of benzene rings is 1. The molecule has 4 N–H and O–H groups in total. The third-order valence-electron chi connectivity index (χ3n) is 4.68. The number of methoxy groups -OCH3 is 1. The van der Waals surface area contributed by atoms with Crippen LogP contribution in [0.15, 0.2) is 12.1 Å². The van der Waals surface area contributed by atoms with Gasteiger partial charge in [0.15, 0.2) is 10.9 Å². The van der Waals surface area contributed by atoms with Crippen LogP contribution in [-0.4, -0.2) is 24.0 Å². The van der Waals surface area contributed by atoms with Crippen molar-refractivity contribution in [3.8, 4) is 5.75 Å². The number of thiophene rings is 1. The molecule has 1 atom stereocenters. The van der Waals surface area contributed by atoms with Crippen molar-refractivity contribution in [2.45, 2.75) is 26.2 Å². The molecule has 2 amide bonds. The minimum Gasteiger partial charge on any atom is -0.494 e. The van der Waals surface area contributed by atoms with Crippen LogP contribution in [0.4, 0.5) is 5.00 Å². The van der Waals surface area contributed by atoms with Crippen molar-refractivity contribution in [1.82, 2.24) is 5.32 Å². The molecule has 6 nitrogen and oxygen atoms in total. The van der Waals surface area contributed by atoms with Crippen molar-refractivity contribution in [2.75, 3.05) is 12.4 Å². The molecule has 0 fully saturated rings. The SMILES string of the molecule is COc1c(Cl)cc(C(=O)NC(=S)Nc2sc3c(c2C(N)=O)CCC(C)C3)cc1Cl. The number of anilines is 1. The van der Waals surface area contributed by atoms with E-state index < -0.39 is 11.8 Å². The fourth-order valence-corrected chi connectivity index (χ4v) is 5.62. The molecule has 0 saturated heterocycles. The Morgan fingerprint density at radius 1 is 1.31 bits per heavy atom. The Morgan fingerprint density at radius 2 is 1.97 bits per heavy atom. The van der Waals surface area contributed by atoms with Crippen LogP contribution in [0.5, 0.6) is 5.75 Å². The third-order valence-corrected chi connectivity index (χ3v) is 6.61. The molecule has 1 aromatic carbocycles. The van der Waals surface area contributed by atoms with Crippen LogP contribution in [0.1, 0.15) is 44.5 Å². The van der Waals surface area contributed by atoms with Crippen LogP contribution in [0, 0.1) is 5.92 Å². The van der Waals surface area contributed by atoms with Gasteiger partial charge in [-0.25, -0.2) is 0 Å². The van der Waals surface area contributed by atoms with Gasteiger partial charge in [0.1, 0.15) is 5.00 Å². The van der Waals surface area contributed by atoms with Crippen molar-refractivity contribution in [2.24, 2.45) is 11.7 Å². The van der Waals surface area contributed by atoms with Gasteiger partial charge in [-0.1, -0.05) is 30.1 Å². The van der Waals surface area contributed by atoms with Crippen LogP contribution in [0.2, 0.25) is 10.0 Å². The normalized spacial score (nSPS) is 15.4. The van der Waals surface area contributed by atoms with Crippen LogP contribution < -0.4 is 21.1 Å². The second-order valence-corrected chi connectivity index (χ2v) is 9.13. The molecule has 1 unspecified atom stereocenters. The molecule has 29 heavy (non-hydrogen) atoms. The first-order valence-corrected chi connectivity index (χ1v) is 10.8. The number of rotatable bonds is 4. The predicted molar refractivity (Wildman–Crippen MR) is 121 cm³/mol. The summed E-state index contributed by atoms with van der Waals surface area (Å²) in [5.74, 6) is -0.173. The summed E-state index contributed by atoms with van der Waals surface area (Å²) in [6, 6.07) is 2.87. The predicted octanol–water partition coefficient (Wildman–Crippen LogP) is 4.41. The quantitative estimate of drug-likeness (QED) is 0.573. The summed E-state index contributed by atoms with van der Waals surface area (Å²) < 4.78 is 5.08. The Hall–Kier alpha value is -1.87. The number of ether oxygens (including phenoxy) is 1. The minimum absolute atomic E-state index is 0.0483. The molecule has 0 bridgehead atoms. The number of carbonyl (C=O) groups is 2. The summed E-state index contributed by atoms with van der Waals surface area (Å²) >= 11 is 18.9. The Kier molecular flexibility index (Phi) is 6.68. The van der Waals surface area contributed by atoms with Crippen molar-refractivity contribution >= 4 is 68.7 Å². The molecule has 1 heterocycles. The number of amides is 2. The van der Waals surface area contributed by atoms with Gasteiger partial charge in [-0.3, -0.25) is 14.9 Å². The van der Waals surface area contributed by atoms with Crippen LogP contribution >= 0.6 is 46.8 Å². The lowest BCUT2D eigenvalue weighted by Gasteiger charge is -2.18. The molecule has 3 rings (SSSR count). The highest BCUT2D eigenvalue weighted by Crippen LogP contribution is 2.39. The van der Waals surface area contributed by atoms with Crippen molar-refractivity contribution in [1.29, 1.82) is 0 Å². The maximum absolute atomic E-state index is 12.5. The van der Waals surface area contributed by atoms with E-state index in [4.69, 9.17) is 45.9 Å². The summed E-state index contributed by atoms with van der Waals surface area (Å²) in [6.07, 6.45) is 2.70. The van der Waals surface area contributed by atoms with E-state index in [1.54, 1.807) is 0 Å². The fourth-order valence-electron chi connectivity index (χ4n) is 3.30. The smallest absolute Gasteiger partial charge is 0.257 e. The fraction of sp³-hybridized carbons (Fsp3) is 0.316. The summed E-state index contributed by atoms with van der Waals surface area (Å²) in [6.45, 7) is 2.18. The zero-order valence-corrected chi connectivity index (χ0v) is 18.9. The monoisotopic (exact) mass is 471 g/mol. The molecule has 1 aromatic heterocycles. The van der Waals surface area contributed by atoms with Gasteiger partial charge in [-0.2, -0.15) is 0 Å². The van der Waals surface area contributed by atoms with Gasteiger partial charge in [0.05, 0.1) is 22.7 Å². The van der Waals surface area contributed by atoms with E-state index in [0.717, 1.165) is 29.7 Å². The van der Waals surface area contributed by atoms with Crippen molar-refractivity contribution < 1.29 is 14.3 Å². The van der Waals surface area contributed by atoms with E-state index in [2.05, 4.69) is 17.6 Å². The van der Waals surface area contributed by atoms with Gasteiger partial charge < -0.3 is 15.8 Å². The second kappa shape index (κ2) is 8.87. The molecular weight excluding hydrogens is 453 g/mol. The standard InChI is InChI=1S/C19H19Cl2N3O3S2/c1-8-3-4-10-13(5-8)29-18(14(10)16(22)25)24-19(28)23-17(26)9-6-11(20)15(27-2)12(21)7-9/h6-8H,3-5H2,1-2H3,(H2,22,25)(H2,23,24,26,28). The lowest BCUT2D eigenvalue weighted by molar-refractivity contribution is 0.0975. The van der Waals surface area contributed by atoms with E-state index in [-0.39, 0.29) is 26.5 Å². The van der Waals surface area contributed by atoms with Gasteiger partial charge >= 0.3 is 0 Å². The molecule has 0 radical (unpaired) electrons. The first-order valence-electron chi connectivity index (χ1n) is 8.81. The van der Waals surface area contributed by atoms with E-state index in [1.165, 1.54) is 30.6 Å². The number of thiocarbonyl (C=S) groups is 1. The first-order chi connectivity index (χ1) is 13.7. The maximum atomic E-state index is 12.5. The highest BCUT2D eigenvalue weighted by atomic mass is 35.5. The average molecular weight is 472 g/mol. The number of carbonyl (C=O) groups excluding carboxylic acids is 2. The van der Waals surface area contributed by atoms with Crippen LogP contribution in [0.25, 0.3) is 0 Å². The topological polar surface area (TPSA) is 93.4 Å². The number of nitrogens with one attached hydrogen (secondary N) is 2. The number of hydrogen-bond acceptors (Lipinski definition) is 5. The molecule has 2 aromatic rings. The molecule has 0 spiro atoms. The Labute approximate surface area is 187 Å². The van der Waals surface area contributed by atoms with Crippen molar-refractivity contribution in [3.05, 3.63) is 43.7 Å². The van der Waals surface area contributed by atoms with Gasteiger partial charge in [0.2, 0.25) is 0 Å². The minimum atomic E-state index is -0.512. The molecule has 1 aliphatic carbocycles. The number of primary amides is 1. The summed E-state index contributed by atoms with van der Waals surface area (Å²) in [4.78, 5) is 25.7. The Balaban J connectivity index is 1.78. The summed E-state index contributed by atoms with van der Waals surface area (Å²) in [5, 5.41) is 6.53. The lowest BCUT2D eigenvalue weighted by Crippen LogP contribution is -2.34. The number of fused-ring (bicyclic) bond motifs is 1. The van der Waals surface area contributed by atoms with Gasteiger partial charge in [0, 0.05) is 10.4 Å². The third kappa shape index (κ3) is 4.66. The zero-order chi connectivity index (χ0) is 21.3. The first kappa shape index (κ1) is 21.8. The molecule has 10 heteroatoms.